The number of hydrogen-bond donors (Lipinski definition) is 0. The molecule has 1 fully saturated rings. The summed E-state index contributed by atoms with van der Waals surface area (Å²) < 4.78 is 52.8. The molecule has 27 heavy (non-hydrogen) atoms. The molecule has 1 aromatic heterocycles. The number of nitrogens with zero attached hydrogens (tertiary/aromatic N) is 4. The van der Waals surface area contributed by atoms with Gasteiger partial charge in [-0.15, -0.1) is 0 Å². The zero-order chi connectivity index (χ0) is 19.4. The van der Waals surface area contributed by atoms with Gasteiger partial charge in [0, 0.05) is 62.7 Å². The molecule has 1 aliphatic heterocycles. The van der Waals surface area contributed by atoms with Crippen molar-refractivity contribution in [2.75, 3.05) is 19.6 Å². The summed E-state index contributed by atoms with van der Waals surface area (Å²) in [5.41, 5.74) is -0.543. The average molecular weight is 382 g/mol. The van der Waals surface area contributed by atoms with Crippen molar-refractivity contribution in [2.45, 2.75) is 25.7 Å². The van der Waals surface area contributed by atoms with Gasteiger partial charge in [-0.3, -0.25) is 9.69 Å². The summed E-state index contributed by atoms with van der Waals surface area (Å²) >= 11 is 0. The lowest BCUT2D eigenvalue weighted by Gasteiger charge is -2.23. The molecule has 1 aromatic carbocycles. The van der Waals surface area contributed by atoms with Crippen LogP contribution in [0.15, 0.2) is 36.9 Å². The third kappa shape index (κ3) is 4.79. The van der Waals surface area contributed by atoms with Crippen molar-refractivity contribution in [2.24, 2.45) is 0 Å². The van der Waals surface area contributed by atoms with Crippen molar-refractivity contribution in [1.29, 1.82) is 0 Å². The summed E-state index contributed by atoms with van der Waals surface area (Å²) in [5.74, 6) is -1.53. The molecule has 0 unspecified atom stereocenters. The SMILES string of the molecule is O=C1CCN(Cc2cncnc2)CCN1Cc1cccc(C(F)(F)F)c1F. The Balaban J connectivity index is 1.69. The Labute approximate surface area is 153 Å². The fourth-order valence-corrected chi connectivity index (χ4v) is 3.03. The Morgan fingerprint density at radius 2 is 1.78 bits per heavy atom. The number of amides is 1. The standard InChI is InChI=1S/C18H18F4N4O/c19-17-14(2-1-3-15(17)18(20,21)22)11-26-7-6-25(5-4-16(26)27)10-13-8-23-12-24-9-13/h1-3,8-9,12H,4-7,10-11H2. The second kappa shape index (κ2) is 7.99. The van der Waals surface area contributed by atoms with Crippen molar-refractivity contribution in [3.05, 3.63) is 59.4 Å². The Hall–Kier alpha value is -2.55. The number of alkyl halides is 3. The van der Waals surface area contributed by atoms with Gasteiger partial charge in [0.25, 0.3) is 0 Å². The molecule has 0 N–H and O–H groups in total. The molecule has 3 rings (SSSR count). The predicted octanol–water partition coefficient (Wildman–Crippen LogP) is 2.87. The molecule has 0 atom stereocenters. The van der Waals surface area contributed by atoms with Crippen molar-refractivity contribution < 1.29 is 22.4 Å². The minimum atomic E-state index is -4.77. The number of benzene rings is 1. The first-order chi connectivity index (χ1) is 12.8. The maximum Gasteiger partial charge on any atom is 0.419 e. The Morgan fingerprint density at radius 1 is 1.04 bits per heavy atom. The molecule has 0 bridgehead atoms. The van der Waals surface area contributed by atoms with Crippen LogP contribution >= 0.6 is 0 Å². The van der Waals surface area contributed by atoms with Crippen molar-refractivity contribution >= 4 is 5.91 Å². The van der Waals surface area contributed by atoms with E-state index in [2.05, 4.69) is 9.97 Å². The number of halogens is 4. The smallest absolute Gasteiger partial charge is 0.337 e. The molecule has 1 amide bonds. The highest BCUT2D eigenvalue weighted by Crippen LogP contribution is 2.32. The average Bonchev–Trinajstić information content (AvgIpc) is 2.79. The predicted molar refractivity (Wildman–Crippen MR) is 88.7 cm³/mol. The van der Waals surface area contributed by atoms with Gasteiger partial charge >= 0.3 is 6.18 Å². The van der Waals surface area contributed by atoms with Gasteiger partial charge < -0.3 is 4.90 Å². The highest BCUT2D eigenvalue weighted by Gasteiger charge is 2.35. The molecular weight excluding hydrogens is 364 g/mol. The van der Waals surface area contributed by atoms with Gasteiger partial charge in [0.15, 0.2) is 0 Å². The number of carbonyl (C=O) groups is 1. The van der Waals surface area contributed by atoms with E-state index in [4.69, 9.17) is 0 Å². The van der Waals surface area contributed by atoms with E-state index in [1.165, 1.54) is 17.3 Å². The van der Waals surface area contributed by atoms with E-state index in [9.17, 15) is 22.4 Å². The molecule has 5 nitrogen and oxygen atoms in total. The summed E-state index contributed by atoms with van der Waals surface area (Å²) in [6.07, 6.45) is 0.261. The third-order valence-corrected chi connectivity index (χ3v) is 4.45. The second-order valence-corrected chi connectivity index (χ2v) is 6.36. The highest BCUT2D eigenvalue weighted by atomic mass is 19.4. The zero-order valence-electron chi connectivity index (χ0n) is 14.4. The van der Waals surface area contributed by atoms with Crippen molar-refractivity contribution in [1.82, 2.24) is 19.8 Å². The van der Waals surface area contributed by atoms with Crippen LogP contribution in [0, 0.1) is 5.82 Å². The van der Waals surface area contributed by atoms with Crippen molar-refractivity contribution in [3.8, 4) is 0 Å². The maximum atomic E-state index is 14.2. The maximum absolute atomic E-state index is 14.2. The first-order valence-electron chi connectivity index (χ1n) is 8.43. The summed E-state index contributed by atoms with van der Waals surface area (Å²) in [7, 11) is 0. The Kier molecular flexibility index (Phi) is 5.69. The molecule has 0 saturated carbocycles. The van der Waals surface area contributed by atoms with Gasteiger partial charge in [-0.25, -0.2) is 14.4 Å². The van der Waals surface area contributed by atoms with Gasteiger partial charge in [0.2, 0.25) is 5.91 Å². The lowest BCUT2D eigenvalue weighted by Crippen LogP contribution is -2.33. The van der Waals surface area contributed by atoms with E-state index in [1.54, 1.807) is 12.4 Å². The number of carbonyl (C=O) groups excluding carboxylic acids is 1. The second-order valence-electron chi connectivity index (χ2n) is 6.36. The monoisotopic (exact) mass is 382 g/mol. The van der Waals surface area contributed by atoms with Gasteiger partial charge in [0.1, 0.15) is 12.1 Å². The number of hydrogen-bond acceptors (Lipinski definition) is 4. The van der Waals surface area contributed by atoms with E-state index in [0.717, 1.165) is 11.6 Å². The van der Waals surface area contributed by atoms with E-state index < -0.39 is 17.6 Å². The summed E-state index contributed by atoms with van der Waals surface area (Å²) in [5, 5.41) is 0. The molecule has 0 aliphatic carbocycles. The lowest BCUT2D eigenvalue weighted by atomic mass is 10.1. The molecule has 1 aliphatic rings. The van der Waals surface area contributed by atoms with Crippen LogP contribution in [-0.2, 0) is 24.1 Å². The first kappa shape index (κ1) is 19.2. The summed E-state index contributed by atoms with van der Waals surface area (Å²) in [6, 6.07) is 3.14. The molecule has 2 heterocycles. The quantitative estimate of drug-likeness (QED) is 0.763. The minimum absolute atomic E-state index is 0.136. The molecule has 144 valence electrons. The highest BCUT2D eigenvalue weighted by molar-refractivity contribution is 5.76. The van der Waals surface area contributed by atoms with E-state index >= 15 is 0 Å². The fourth-order valence-electron chi connectivity index (χ4n) is 3.03. The zero-order valence-corrected chi connectivity index (χ0v) is 14.4. The molecule has 2 aromatic rings. The van der Waals surface area contributed by atoms with E-state index in [0.29, 0.717) is 32.2 Å². The minimum Gasteiger partial charge on any atom is -0.337 e. The third-order valence-electron chi connectivity index (χ3n) is 4.45. The Bertz CT molecular complexity index is 798. The normalized spacial score (nSPS) is 16.4. The van der Waals surface area contributed by atoms with Crippen LogP contribution in [0.25, 0.3) is 0 Å². The van der Waals surface area contributed by atoms with Crippen LogP contribution in [0.3, 0.4) is 0 Å². The van der Waals surface area contributed by atoms with E-state index in [-0.39, 0.29) is 24.4 Å². The largest absolute Gasteiger partial charge is 0.419 e. The molecule has 0 radical (unpaired) electrons. The van der Waals surface area contributed by atoms with Crippen LogP contribution in [-0.4, -0.2) is 45.3 Å². The van der Waals surface area contributed by atoms with Crippen molar-refractivity contribution in [3.63, 3.8) is 0 Å². The van der Waals surface area contributed by atoms with E-state index in [1.807, 2.05) is 4.90 Å². The first-order valence-corrected chi connectivity index (χ1v) is 8.43. The molecule has 0 spiro atoms. The van der Waals surface area contributed by atoms with Crippen LogP contribution in [0.1, 0.15) is 23.1 Å². The van der Waals surface area contributed by atoms with Crippen LogP contribution in [0.4, 0.5) is 17.6 Å². The Morgan fingerprint density at radius 3 is 2.48 bits per heavy atom. The molecule has 9 heteroatoms. The molecule has 1 saturated heterocycles. The number of rotatable bonds is 4. The van der Waals surface area contributed by atoms with Crippen LogP contribution in [0.2, 0.25) is 0 Å². The topological polar surface area (TPSA) is 49.3 Å². The van der Waals surface area contributed by atoms with Gasteiger partial charge in [-0.1, -0.05) is 12.1 Å². The van der Waals surface area contributed by atoms with Gasteiger partial charge in [-0.05, 0) is 6.07 Å². The van der Waals surface area contributed by atoms with Gasteiger partial charge in [-0.2, -0.15) is 13.2 Å². The molecular formula is C18H18F4N4O. The fraction of sp³-hybridized carbons (Fsp3) is 0.389. The summed E-state index contributed by atoms with van der Waals surface area (Å²) in [4.78, 5) is 23.7. The summed E-state index contributed by atoms with van der Waals surface area (Å²) in [6.45, 7) is 1.73. The van der Waals surface area contributed by atoms with Gasteiger partial charge in [0.05, 0.1) is 5.56 Å². The van der Waals surface area contributed by atoms with Crippen LogP contribution in [0.5, 0.6) is 0 Å². The number of aromatic nitrogens is 2. The lowest BCUT2D eigenvalue weighted by molar-refractivity contribution is -0.140. The van der Waals surface area contributed by atoms with Crippen LogP contribution < -0.4 is 0 Å².